The van der Waals surface area contributed by atoms with Crippen molar-refractivity contribution >= 4 is 40.8 Å². The minimum atomic E-state index is -1.28. The fourth-order valence-electron chi connectivity index (χ4n) is 2.43. The molecule has 1 saturated heterocycles. The van der Waals surface area contributed by atoms with Crippen LogP contribution in [0.15, 0.2) is 60.3 Å². The molecule has 0 bridgehead atoms. The van der Waals surface area contributed by atoms with Gasteiger partial charge in [0.05, 0.1) is 10.6 Å². The number of esters is 2. The van der Waals surface area contributed by atoms with Crippen molar-refractivity contribution < 1.29 is 23.9 Å². The quantitative estimate of drug-likeness (QED) is 0.461. The van der Waals surface area contributed by atoms with Crippen molar-refractivity contribution in [3.63, 3.8) is 0 Å². The molecular formula is C20H17ClN2O5. The second-order valence-corrected chi connectivity index (χ2v) is 6.80. The average molecular weight is 401 g/mol. The largest absolute Gasteiger partial charge is 0.419 e. The van der Waals surface area contributed by atoms with Crippen molar-refractivity contribution in [2.45, 2.75) is 19.6 Å². The van der Waals surface area contributed by atoms with E-state index in [2.05, 4.69) is 10.6 Å². The van der Waals surface area contributed by atoms with Crippen LogP contribution in [0.5, 0.6) is 0 Å². The van der Waals surface area contributed by atoms with Gasteiger partial charge >= 0.3 is 11.9 Å². The molecule has 1 amide bonds. The molecule has 1 fully saturated rings. The molecule has 0 aromatic heterocycles. The smallest absolute Gasteiger partial charge is 0.350 e. The zero-order valence-corrected chi connectivity index (χ0v) is 15.9. The normalized spacial score (nSPS) is 15.3. The van der Waals surface area contributed by atoms with Gasteiger partial charge in [0.25, 0.3) is 11.7 Å². The van der Waals surface area contributed by atoms with Crippen LogP contribution in [0.3, 0.4) is 0 Å². The molecule has 2 aromatic carbocycles. The number of nitrogens with one attached hydrogen (secondary N) is 2. The number of ether oxygens (including phenoxy) is 2. The molecule has 28 heavy (non-hydrogen) atoms. The first-order valence-electron chi connectivity index (χ1n) is 8.34. The zero-order valence-electron chi connectivity index (χ0n) is 15.1. The van der Waals surface area contributed by atoms with Crippen LogP contribution in [-0.2, 0) is 19.1 Å². The molecule has 2 aromatic rings. The Morgan fingerprint density at radius 2 is 1.54 bits per heavy atom. The predicted octanol–water partition coefficient (Wildman–Crippen LogP) is 3.72. The summed E-state index contributed by atoms with van der Waals surface area (Å²) >= 11 is 6.01. The molecule has 8 heteroatoms. The third kappa shape index (κ3) is 4.50. The van der Waals surface area contributed by atoms with E-state index in [-0.39, 0.29) is 11.5 Å². The third-order valence-corrected chi connectivity index (χ3v) is 4.09. The number of anilines is 2. The molecule has 3 rings (SSSR count). The first kappa shape index (κ1) is 19.4. The Labute approximate surface area is 166 Å². The van der Waals surface area contributed by atoms with E-state index < -0.39 is 17.7 Å². The second kappa shape index (κ2) is 7.74. The summed E-state index contributed by atoms with van der Waals surface area (Å²) in [5.74, 6) is -3.15. The highest BCUT2D eigenvalue weighted by Crippen LogP contribution is 2.23. The van der Waals surface area contributed by atoms with E-state index in [4.69, 9.17) is 21.1 Å². The van der Waals surface area contributed by atoms with Gasteiger partial charge in [0, 0.05) is 31.4 Å². The van der Waals surface area contributed by atoms with Gasteiger partial charge in [0.2, 0.25) is 0 Å². The predicted molar refractivity (Wildman–Crippen MR) is 104 cm³/mol. The summed E-state index contributed by atoms with van der Waals surface area (Å²) in [4.78, 5) is 36.0. The standard InChI is InChI=1S/C20H17ClN2O5/c1-20(2)27-18(25)15(19(26)28-20)11-22-12-7-9-13(10-8-12)23-17(24)14-5-3-4-6-16(14)21/h3-11,22H,1-2H3,(H,23,24). The van der Waals surface area contributed by atoms with Gasteiger partial charge in [0.1, 0.15) is 0 Å². The first-order valence-corrected chi connectivity index (χ1v) is 8.72. The molecule has 144 valence electrons. The Morgan fingerprint density at radius 3 is 2.14 bits per heavy atom. The van der Waals surface area contributed by atoms with Crippen LogP contribution < -0.4 is 10.6 Å². The van der Waals surface area contributed by atoms with Gasteiger partial charge in [0.15, 0.2) is 5.57 Å². The molecule has 0 aliphatic carbocycles. The molecule has 0 radical (unpaired) electrons. The number of halogens is 1. The van der Waals surface area contributed by atoms with Gasteiger partial charge in [-0.25, -0.2) is 9.59 Å². The van der Waals surface area contributed by atoms with E-state index in [0.717, 1.165) is 0 Å². The minimum absolute atomic E-state index is 0.240. The lowest BCUT2D eigenvalue weighted by Gasteiger charge is -2.29. The highest BCUT2D eigenvalue weighted by atomic mass is 35.5. The van der Waals surface area contributed by atoms with Gasteiger partial charge in [-0.05, 0) is 36.4 Å². The van der Waals surface area contributed by atoms with Gasteiger partial charge < -0.3 is 20.1 Å². The van der Waals surface area contributed by atoms with E-state index >= 15 is 0 Å². The lowest BCUT2D eigenvalue weighted by Crippen LogP contribution is -2.42. The lowest BCUT2D eigenvalue weighted by atomic mass is 10.2. The van der Waals surface area contributed by atoms with Crippen LogP contribution in [0.2, 0.25) is 5.02 Å². The van der Waals surface area contributed by atoms with E-state index in [1.807, 2.05) is 0 Å². The van der Waals surface area contributed by atoms with Crippen LogP contribution in [0, 0.1) is 0 Å². The average Bonchev–Trinajstić information content (AvgIpc) is 2.61. The molecular weight excluding hydrogens is 384 g/mol. The van der Waals surface area contributed by atoms with Crippen molar-refractivity contribution in [2.75, 3.05) is 10.6 Å². The molecule has 7 nitrogen and oxygen atoms in total. The fourth-order valence-corrected chi connectivity index (χ4v) is 2.65. The maximum Gasteiger partial charge on any atom is 0.350 e. The summed E-state index contributed by atoms with van der Waals surface area (Å²) < 4.78 is 10.0. The summed E-state index contributed by atoms with van der Waals surface area (Å²) in [7, 11) is 0. The summed E-state index contributed by atoms with van der Waals surface area (Å²) in [5.41, 5.74) is 1.28. The molecule has 0 spiro atoms. The Kier molecular flexibility index (Phi) is 5.37. The summed E-state index contributed by atoms with van der Waals surface area (Å²) in [6, 6.07) is 13.4. The monoisotopic (exact) mass is 400 g/mol. The number of cyclic esters (lactones) is 2. The second-order valence-electron chi connectivity index (χ2n) is 6.39. The van der Waals surface area contributed by atoms with E-state index in [9.17, 15) is 14.4 Å². The lowest BCUT2D eigenvalue weighted by molar-refractivity contribution is -0.222. The molecule has 0 unspecified atom stereocenters. The summed E-state index contributed by atoms with van der Waals surface area (Å²) in [6.07, 6.45) is 1.22. The zero-order chi connectivity index (χ0) is 20.3. The fraction of sp³-hybridized carbons (Fsp3) is 0.150. The Morgan fingerprint density at radius 1 is 0.964 bits per heavy atom. The maximum absolute atomic E-state index is 12.3. The highest BCUT2D eigenvalue weighted by molar-refractivity contribution is 6.34. The van der Waals surface area contributed by atoms with Crippen molar-refractivity contribution in [1.82, 2.24) is 0 Å². The molecule has 1 heterocycles. The molecule has 0 saturated carbocycles. The van der Waals surface area contributed by atoms with Gasteiger partial charge in [-0.2, -0.15) is 0 Å². The molecule has 1 aliphatic rings. The van der Waals surface area contributed by atoms with Crippen molar-refractivity contribution in [3.8, 4) is 0 Å². The number of rotatable bonds is 4. The molecule has 1 aliphatic heterocycles. The maximum atomic E-state index is 12.3. The number of amides is 1. The van der Waals surface area contributed by atoms with Gasteiger partial charge in [-0.3, -0.25) is 4.79 Å². The number of hydrogen-bond acceptors (Lipinski definition) is 6. The van der Waals surface area contributed by atoms with Crippen molar-refractivity contribution in [1.29, 1.82) is 0 Å². The molecule has 2 N–H and O–H groups in total. The Balaban J connectivity index is 1.65. The SMILES string of the molecule is CC1(C)OC(=O)C(=CNc2ccc(NC(=O)c3ccccc3Cl)cc2)C(=O)O1. The van der Waals surface area contributed by atoms with Crippen molar-refractivity contribution in [3.05, 3.63) is 70.9 Å². The number of carbonyl (C=O) groups is 3. The first-order chi connectivity index (χ1) is 13.2. The third-order valence-electron chi connectivity index (χ3n) is 3.76. The van der Waals surface area contributed by atoms with Crippen LogP contribution in [-0.4, -0.2) is 23.6 Å². The van der Waals surface area contributed by atoms with Crippen LogP contribution in [0.4, 0.5) is 11.4 Å². The van der Waals surface area contributed by atoms with Crippen LogP contribution >= 0.6 is 11.6 Å². The van der Waals surface area contributed by atoms with Crippen molar-refractivity contribution in [2.24, 2.45) is 0 Å². The number of benzene rings is 2. The number of hydrogen-bond donors (Lipinski definition) is 2. The summed E-state index contributed by atoms with van der Waals surface area (Å²) in [6.45, 7) is 2.95. The Bertz CT molecular complexity index is 945. The van der Waals surface area contributed by atoms with E-state index in [1.54, 1.807) is 48.5 Å². The van der Waals surface area contributed by atoms with Crippen LogP contribution in [0.1, 0.15) is 24.2 Å². The molecule has 0 atom stereocenters. The van der Waals surface area contributed by atoms with Gasteiger partial charge in [-0.15, -0.1) is 0 Å². The minimum Gasteiger partial charge on any atom is -0.419 e. The highest BCUT2D eigenvalue weighted by Gasteiger charge is 2.38. The van der Waals surface area contributed by atoms with E-state index in [1.165, 1.54) is 20.0 Å². The van der Waals surface area contributed by atoms with Crippen LogP contribution in [0.25, 0.3) is 0 Å². The van der Waals surface area contributed by atoms with E-state index in [0.29, 0.717) is 22.0 Å². The topological polar surface area (TPSA) is 93.7 Å². The number of carbonyl (C=O) groups excluding carboxylic acids is 3. The summed E-state index contributed by atoms with van der Waals surface area (Å²) in [5, 5.41) is 5.93. The van der Waals surface area contributed by atoms with Gasteiger partial charge in [-0.1, -0.05) is 23.7 Å². The Hall–Kier alpha value is -3.32.